The van der Waals surface area contributed by atoms with Crippen LogP contribution in [0.4, 0.5) is 5.69 Å². The van der Waals surface area contributed by atoms with Gasteiger partial charge in [0.1, 0.15) is 0 Å². The number of rotatable bonds is 4. The third-order valence-electron chi connectivity index (χ3n) is 2.11. The van der Waals surface area contributed by atoms with E-state index < -0.39 is 0 Å². The molecule has 0 saturated carbocycles. The molecule has 0 heterocycles. The Labute approximate surface area is 88.7 Å². The Morgan fingerprint density at radius 2 is 2.13 bits per heavy atom. The van der Waals surface area contributed by atoms with Crippen molar-refractivity contribution in [3.63, 3.8) is 0 Å². The van der Waals surface area contributed by atoms with Crippen LogP contribution in [0.15, 0.2) is 24.3 Å². The molecule has 0 saturated heterocycles. The second-order valence-corrected chi connectivity index (χ2v) is 3.37. The van der Waals surface area contributed by atoms with Gasteiger partial charge in [0.05, 0.1) is 17.6 Å². The molecule has 0 aliphatic rings. The third-order valence-corrected chi connectivity index (χ3v) is 2.11. The normalized spacial score (nSPS) is 11.5. The molecular formula is C11H13N3O. The van der Waals surface area contributed by atoms with E-state index >= 15 is 0 Å². The van der Waals surface area contributed by atoms with E-state index in [1.807, 2.05) is 6.07 Å². The predicted molar refractivity (Wildman–Crippen MR) is 58.0 cm³/mol. The first-order valence-electron chi connectivity index (χ1n) is 4.67. The molecule has 4 nitrogen and oxygen atoms in total. The highest BCUT2D eigenvalue weighted by molar-refractivity contribution is 5.76. The van der Waals surface area contributed by atoms with E-state index in [0.717, 1.165) is 5.69 Å². The van der Waals surface area contributed by atoms with Gasteiger partial charge in [-0.15, -0.1) is 0 Å². The van der Waals surface area contributed by atoms with Crippen LogP contribution in [0, 0.1) is 17.2 Å². The molecule has 4 heteroatoms. The zero-order chi connectivity index (χ0) is 11.3. The third kappa shape index (κ3) is 3.31. The minimum absolute atomic E-state index is 0.208. The Morgan fingerprint density at radius 3 is 2.60 bits per heavy atom. The maximum absolute atomic E-state index is 10.8. The number of nitrogens with two attached hydrogens (primary N) is 1. The number of primary amides is 1. The second kappa shape index (κ2) is 5.01. The van der Waals surface area contributed by atoms with Crippen molar-refractivity contribution in [2.45, 2.75) is 6.92 Å². The van der Waals surface area contributed by atoms with Crippen LogP contribution in [0.2, 0.25) is 0 Å². The summed E-state index contributed by atoms with van der Waals surface area (Å²) < 4.78 is 0. The summed E-state index contributed by atoms with van der Waals surface area (Å²) >= 11 is 0. The molecule has 1 aromatic rings. The lowest BCUT2D eigenvalue weighted by Gasteiger charge is -2.09. The number of amides is 1. The van der Waals surface area contributed by atoms with Gasteiger partial charge in [0.15, 0.2) is 0 Å². The van der Waals surface area contributed by atoms with Crippen molar-refractivity contribution in [3.05, 3.63) is 29.8 Å². The van der Waals surface area contributed by atoms with Gasteiger partial charge >= 0.3 is 0 Å². The van der Waals surface area contributed by atoms with Crippen LogP contribution in [0.25, 0.3) is 0 Å². The van der Waals surface area contributed by atoms with Crippen molar-refractivity contribution < 1.29 is 4.79 Å². The number of hydrogen-bond donors (Lipinski definition) is 2. The van der Waals surface area contributed by atoms with Gasteiger partial charge in [0.25, 0.3) is 0 Å². The minimum Gasteiger partial charge on any atom is -0.384 e. The summed E-state index contributed by atoms with van der Waals surface area (Å²) in [6.07, 6.45) is 0. The fourth-order valence-corrected chi connectivity index (χ4v) is 1.03. The van der Waals surface area contributed by atoms with E-state index in [2.05, 4.69) is 5.32 Å². The van der Waals surface area contributed by atoms with Crippen molar-refractivity contribution in [1.82, 2.24) is 0 Å². The molecule has 78 valence electrons. The molecule has 0 bridgehead atoms. The van der Waals surface area contributed by atoms with Gasteiger partial charge in [0, 0.05) is 12.2 Å². The van der Waals surface area contributed by atoms with E-state index in [0.29, 0.717) is 12.1 Å². The summed E-state index contributed by atoms with van der Waals surface area (Å²) in [6.45, 7) is 2.26. The molecule has 1 unspecified atom stereocenters. The van der Waals surface area contributed by atoms with Crippen LogP contribution < -0.4 is 11.1 Å². The highest BCUT2D eigenvalue weighted by atomic mass is 16.1. The minimum atomic E-state index is -0.323. The zero-order valence-corrected chi connectivity index (χ0v) is 8.53. The molecule has 0 aliphatic heterocycles. The Morgan fingerprint density at radius 1 is 1.53 bits per heavy atom. The topological polar surface area (TPSA) is 78.9 Å². The van der Waals surface area contributed by atoms with Crippen LogP contribution in [0.3, 0.4) is 0 Å². The SMILES string of the molecule is CC(CNc1ccc(C#N)cc1)C(N)=O. The highest BCUT2D eigenvalue weighted by Gasteiger charge is 2.07. The van der Waals surface area contributed by atoms with Crippen molar-refractivity contribution in [2.24, 2.45) is 11.7 Å². The van der Waals surface area contributed by atoms with Gasteiger partial charge in [-0.3, -0.25) is 4.79 Å². The predicted octanol–water partition coefficient (Wildman–Crippen LogP) is 1.09. The number of nitrogens with one attached hydrogen (secondary N) is 1. The molecule has 0 radical (unpaired) electrons. The quantitative estimate of drug-likeness (QED) is 0.768. The van der Waals surface area contributed by atoms with E-state index in [1.165, 1.54) is 0 Å². The van der Waals surface area contributed by atoms with Crippen molar-refractivity contribution >= 4 is 11.6 Å². The molecule has 15 heavy (non-hydrogen) atoms. The van der Waals surface area contributed by atoms with Gasteiger partial charge in [0.2, 0.25) is 5.91 Å². The maximum Gasteiger partial charge on any atom is 0.222 e. The Bertz CT molecular complexity index is 378. The van der Waals surface area contributed by atoms with Gasteiger partial charge in [-0.2, -0.15) is 5.26 Å². The first kappa shape index (κ1) is 11.1. The summed E-state index contributed by atoms with van der Waals surface area (Å²) in [6, 6.07) is 9.07. The average molecular weight is 203 g/mol. The van der Waals surface area contributed by atoms with Crippen LogP contribution in [0.1, 0.15) is 12.5 Å². The standard InChI is InChI=1S/C11H13N3O/c1-8(11(13)15)7-14-10-4-2-9(6-12)3-5-10/h2-5,8,14H,7H2,1H3,(H2,13,15). The number of benzene rings is 1. The molecule has 1 rings (SSSR count). The summed E-state index contributed by atoms with van der Waals surface area (Å²) in [5, 5.41) is 11.7. The van der Waals surface area contributed by atoms with Crippen LogP contribution in [-0.2, 0) is 4.79 Å². The van der Waals surface area contributed by atoms with Crippen LogP contribution >= 0.6 is 0 Å². The Hall–Kier alpha value is -2.02. The highest BCUT2D eigenvalue weighted by Crippen LogP contribution is 2.09. The molecule has 0 aromatic heterocycles. The molecule has 3 N–H and O–H groups in total. The number of nitriles is 1. The number of nitrogens with zero attached hydrogens (tertiary/aromatic N) is 1. The monoisotopic (exact) mass is 203 g/mol. The summed E-state index contributed by atoms with van der Waals surface area (Å²) in [5.41, 5.74) is 6.62. The fourth-order valence-electron chi connectivity index (χ4n) is 1.03. The van der Waals surface area contributed by atoms with E-state index in [-0.39, 0.29) is 11.8 Å². The first-order chi connectivity index (χ1) is 7.13. The molecule has 0 fully saturated rings. The van der Waals surface area contributed by atoms with Gasteiger partial charge in [-0.1, -0.05) is 6.92 Å². The average Bonchev–Trinajstić information content (AvgIpc) is 2.26. The van der Waals surface area contributed by atoms with Gasteiger partial charge in [-0.05, 0) is 24.3 Å². The van der Waals surface area contributed by atoms with E-state index in [9.17, 15) is 4.79 Å². The summed E-state index contributed by atoms with van der Waals surface area (Å²) in [4.78, 5) is 10.8. The molecule has 1 aromatic carbocycles. The smallest absolute Gasteiger partial charge is 0.222 e. The number of carbonyl (C=O) groups is 1. The van der Waals surface area contributed by atoms with Crippen LogP contribution in [0.5, 0.6) is 0 Å². The Balaban J connectivity index is 2.52. The largest absolute Gasteiger partial charge is 0.384 e. The summed E-state index contributed by atoms with van der Waals surface area (Å²) in [5.74, 6) is -0.531. The lowest BCUT2D eigenvalue weighted by atomic mass is 10.1. The van der Waals surface area contributed by atoms with Gasteiger partial charge in [-0.25, -0.2) is 0 Å². The number of anilines is 1. The van der Waals surface area contributed by atoms with Crippen molar-refractivity contribution in [2.75, 3.05) is 11.9 Å². The molecule has 1 atom stereocenters. The Kier molecular flexibility index (Phi) is 3.69. The number of carbonyl (C=O) groups excluding carboxylic acids is 1. The van der Waals surface area contributed by atoms with E-state index in [4.69, 9.17) is 11.0 Å². The molecule has 0 aliphatic carbocycles. The summed E-state index contributed by atoms with van der Waals surface area (Å²) in [7, 11) is 0. The maximum atomic E-state index is 10.8. The van der Waals surface area contributed by atoms with Crippen molar-refractivity contribution in [3.8, 4) is 6.07 Å². The fraction of sp³-hybridized carbons (Fsp3) is 0.273. The van der Waals surface area contributed by atoms with Gasteiger partial charge < -0.3 is 11.1 Å². The van der Waals surface area contributed by atoms with Crippen molar-refractivity contribution in [1.29, 1.82) is 5.26 Å². The number of hydrogen-bond acceptors (Lipinski definition) is 3. The molecular weight excluding hydrogens is 190 g/mol. The second-order valence-electron chi connectivity index (χ2n) is 3.37. The lowest BCUT2D eigenvalue weighted by Crippen LogP contribution is -2.26. The molecule has 0 spiro atoms. The zero-order valence-electron chi connectivity index (χ0n) is 8.53. The van der Waals surface area contributed by atoms with E-state index in [1.54, 1.807) is 31.2 Å². The molecule has 1 amide bonds. The van der Waals surface area contributed by atoms with Crippen LogP contribution in [-0.4, -0.2) is 12.5 Å². The first-order valence-corrected chi connectivity index (χ1v) is 4.67. The lowest BCUT2D eigenvalue weighted by molar-refractivity contribution is -0.120.